The maximum absolute atomic E-state index is 3.37. The predicted octanol–water partition coefficient (Wildman–Crippen LogP) is 4.40. The highest BCUT2D eigenvalue weighted by molar-refractivity contribution is 6.83. The second-order valence-electron chi connectivity index (χ2n) is 5.28. The number of hydrogen-bond acceptors (Lipinski definition) is 0. The molecule has 0 saturated heterocycles. The highest BCUT2D eigenvalue weighted by atomic mass is 28.3. The van der Waals surface area contributed by atoms with E-state index in [1.807, 2.05) is 0 Å². The van der Waals surface area contributed by atoms with Crippen molar-refractivity contribution >= 4 is 8.07 Å². The zero-order chi connectivity index (χ0) is 12.6. The molecule has 0 aromatic rings. The third-order valence-electron chi connectivity index (χ3n) is 1.93. The van der Waals surface area contributed by atoms with Gasteiger partial charge in [-0.15, -0.1) is 5.54 Å². The first-order chi connectivity index (χ1) is 7.37. The Balaban J connectivity index is 4.70. The van der Waals surface area contributed by atoms with Crippen LogP contribution in [0.15, 0.2) is 11.1 Å². The second-order valence-corrected chi connectivity index (χ2v) is 10.0. The summed E-state index contributed by atoms with van der Waals surface area (Å²) in [6, 6.07) is 0. The third kappa shape index (κ3) is 8.39. The summed E-state index contributed by atoms with van der Waals surface area (Å²) >= 11 is 0. The van der Waals surface area contributed by atoms with Crippen LogP contribution in [0.5, 0.6) is 0 Å². The molecule has 0 atom stereocenters. The summed E-state index contributed by atoms with van der Waals surface area (Å²) in [5, 5.41) is 0. The summed E-state index contributed by atoms with van der Waals surface area (Å²) in [7, 11) is -1.28. The van der Waals surface area contributed by atoms with E-state index in [0.717, 1.165) is 12.0 Å². The van der Waals surface area contributed by atoms with Crippen molar-refractivity contribution in [1.82, 2.24) is 0 Å². The van der Waals surface area contributed by atoms with E-state index in [-0.39, 0.29) is 0 Å². The molecule has 0 radical (unpaired) electrons. The van der Waals surface area contributed by atoms with Crippen LogP contribution in [0.2, 0.25) is 19.6 Å². The quantitative estimate of drug-likeness (QED) is 0.376. The SMILES string of the molecule is CCCCC#CC(C#C[Si](C)(C)C)=C(C)C. The van der Waals surface area contributed by atoms with E-state index in [2.05, 4.69) is 63.7 Å². The average Bonchev–Trinajstić information content (AvgIpc) is 2.14. The Labute approximate surface area is 103 Å². The Morgan fingerprint density at radius 3 is 2.12 bits per heavy atom. The molecule has 0 fully saturated rings. The summed E-state index contributed by atoms with van der Waals surface area (Å²) < 4.78 is 0. The van der Waals surface area contributed by atoms with Gasteiger partial charge in [-0.1, -0.05) is 56.3 Å². The molecule has 0 heterocycles. The average molecular weight is 232 g/mol. The van der Waals surface area contributed by atoms with Crippen LogP contribution in [-0.2, 0) is 0 Å². The van der Waals surface area contributed by atoms with Crippen LogP contribution in [0, 0.1) is 23.3 Å². The lowest BCUT2D eigenvalue weighted by Gasteiger charge is -2.03. The van der Waals surface area contributed by atoms with Crippen molar-refractivity contribution in [2.24, 2.45) is 0 Å². The van der Waals surface area contributed by atoms with Gasteiger partial charge in [-0.25, -0.2) is 0 Å². The first kappa shape index (κ1) is 15.1. The Morgan fingerprint density at radius 1 is 1.06 bits per heavy atom. The van der Waals surface area contributed by atoms with E-state index >= 15 is 0 Å². The van der Waals surface area contributed by atoms with Gasteiger partial charge in [0, 0.05) is 6.42 Å². The van der Waals surface area contributed by atoms with Crippen LogP contribution in [0.1, 0.15) is 40.0 Å². The minimum Gasteiger partial charge on any atom is -0.126 e. The van der Waals surface area contributed by atoms with E-state index in [4.69, 9.17) is 0 Å². The second kappa shape index (κ2) is 7.37. The molecule has 0 rings (SSSR count). The molecule has 0 aromatic carbocycles. The standard InChI is InChI=1S/C15H24Si/c1-7-8-9-10-11-15(14(2)3)12-13-16(4,5)6/h7-9H2,1-6H3. The molecule has 0 aliphatic carbocycles. The van der Waals surface area contributed by atoms with Crippen molar-refractivity contribution < 1.29 is 0 Å². The van der Waals surface area contributed by atoms with E-state index in [9.17, 15) is 0 Å². The van der Waals surface area contributed by atoms with E-state index in [0.29, 0.717) is 0 Å². The van der Waals surface area contributed by atoms with Crippen molar-refractivity contribution in [3.05, 3.63) is 11.1 Å². The molecule has 0 aliphatic heterocycles. The van der Waals surface area contributed by atoms with Crippen LogP contribution in [0.25, 0.3) is 0 Å². The summed E-state index contributed by atoms with van der Waals surface area (Å²) in [5.74, 6) is 9.67. The molecule has 0 aliphatic rings. The molecule has 0 N–H and O–H groups in total. The van der Waals surface area contributed by atoms with E-state index < -0.39 is 8.07 Å². The van der Waals surface area contributed by atoms with Crippen molar-refractivity contribution in [3.8, 4) is 23.3 Å². The maximum Gasteiger partial charge on any atom is 0.129 e. The van der Waals surface area contributed by atoms with E-state index in [1.54, 1.807) is 0 Å². The van der Waals surface area contributed by atoms with Crippen molar-refractivity contribution in [1.29, 1.82) is 0 Å². The Bertz CT molecular complexity index is 354. The topological polar surface area (TPSA) is 0 Å². The molecular formula is C15H24Si. The summed E-state index contributed by atoms with van der Waals surface area (Å²) in [6.45, 7) is 13.1. The smallest absolute Gasteiger partial charge is 0.126 e. The number of hydrogen-bond donors (Lipinski definition) is 0. The highest BCUT2D eigenvalue weighted by Crippen LogP contribution is 2.03. The Morgan fingerprint density at radius 2 is 1.69 bits per heavy atom. The molecule has 1 heteroatoms. The third-order valence-corrected chi connectivity index (χ3v) is 2.81. The van der Waals surface area contributed by atoms with Gasteiger partial charge in [0.05, 0.1) is 5.57 Å². The van der Waals surface area contributed by atoms with E-state index in [1.165, 1.54) is 18.4 Å². The molecule has 16 heavy (non-hydrogen) atoms. The summed E-state index contributed by atoms with van der Waals surface area (Å²) in [4.78, 5) is 0. The predicted molar refractivity (Wildman–Crippen MR) is 76.8 cm³/mol. The zero-order valence-electron chi connectivity index (χ0n) is 11.6. The van der Waals surface area contributed by atoms with Crippen LogP contribution >= 0.6 is 0 Å². The fourth-order valence-corrected chi connectivity index (χ4v) is 1.45. The molecule has 0 aromatic heterocycles. The number of unbranched alkanes of at least 4 members (excludes halogenated alkanes) is 2. The molecule has 0 bridgehead atoms. The van der Waals surface area contributed by atoms with Crippen LogP contribution < -0.4 is 0 Å². The molecule has 0 unspecified atom stereocenters. The minimum absolute atomic E-state index is 0.988. The molecule has 88 valence electrons. The maximum atomic E-state index is 3.37. The van der Waals surface area contributed by atoms with Crippen molar-refractivity contribution in [2.45, 2.75) is 59.7 Å². The lowest BCUT2D eigenvalue weighted by molar-refractivity contribution is 0.828. The van der Waals surface area contributed by atoms with Gasteiger partial charge in [0.1, 0.15) is 8.07 Å². The van der Waals surface area contributed by atoms with Gasteiger partial charge < -0.3 is 0 Å². The molecule has 0 spiro atoms. The van der Waals surface area contributed by atoms with Crippen molar-refractivity contribution in [2.75, 3.05) is 0 Å². The fourth-order valence-electron chi connectivity index (χ4n) is 0.947. The van der Waals surface area contributed by atoms with Crippen LogP contribution in [0.4, 0.5) is 0 Å². The Hall–Kier alpha value is -0.923. The largest absolute Gasteiger partial charge is 0.129 e. The first-order valence-electron chi connectivity index (χ1n) is 6.06. The van der Waals surface area contributed by atoms with Gasteiger partial charge in [0.2, 0.25) is 0 Å². The Kier molecular flexibility index (Phi) is 6.94. The molecule has 0 nitrogen and oxygen atoms in total. The van der Waals surface area contributed by atoms with Crippen LogP contribution in [-0.4, -0.2) is 8.07 Å². The van der Waals surface area contributed by atoms with Crippen LogP contribution in [0.3, 0.4) is 0 Å². The fraction of sp³-hybridized carbons (Fsp3) is 0.600. The summed E-state index contributed by atoms with van der Waals surface area (Å²) in [6.07, 6.45) is 3.38. The minimum atomic E-state index is -1.28. The van der Waals surface area contributed by atoms with Gasteiger partial charge in [-0.2, -0.15) is 0 Å². The molecular weight excluding hydrogens is 208 g/mol. The summed E-state index contributed by atoms with van der Waals surface area (Å²) in [5.41, 5.74) is 5.63. The van der Waals surface area contributed by atoms with Gasteiger partial charge >= 0.3 is 0 Å². The lowest BCUT2D eigenvalue weighted by Crippen LogP contribution is -2.16. The normalized spacial score (nSPS) is 9.62. The molecule has 0 saturated carbocycles. The number of allylic oxidation sites excluding steroid dienone is 2. The van der Waals surface area contributed by atoms with Gasteiger partial charge in [-0.05, 0) is 20.3 Å². The monoisotopic (exact) mass is 232 g/mol. The van der Waals surface area contributed by atoms with Gasteiger partial charge in [0.25, 0.3) is 0 Å². The number of rotatable bonds is 2. The zero-order valence-corrected chi connectivity index (χ0v) is 12.6. The highest BCUT2D eigenvalue weighted by Gasteiger charge is 2.07. The molecule has 0 amide bonds. The lowest BCUT2D eigenvalue weighted by atomic mass is 10.1. The van der Waals surface area contributed by atoms with Gasteiger partial charge in [-0.3, -0.25) is 0 Å². The first-order valence-corrected chi connectivity index (χ1v) is 9.56. The van der Waals surface area contributed by atoms with Gasteiger partial charge in [0.15, 0.2) is 0 Å². The van der Waals surface area contributed by atoms with Crippen molar-refractivity contribution in [3.63, 3.8) is 0 Å².